The molecular weight excluding hydrogens is 365 g/mol. The number of rotatable bonds is 10. The first-order valence-corrected chi connectivity index (χ1v) is 9.26. The third kappa shape index (κ3) is 6.00. The normalized spacial score (nSPS) is 10.6. The molecule has 1 heterocycles. The zero-order valence-electron chi connectivity index (χ0n) is 15.8. The molecule has 0 spiro atoms. The zero-order valence-corrected chi connectivity index (χ0v) is 15.8. The lowest BCUT2D eigenvalue weighted by Gasteiger charge is -2.12. The Morgan fingerprint density at radius 2 is 1.82 bits per heavy atom. The lowest BCUT2D eigenvalue weighted by atomic mass is 10.1. The fraction of sp³-hybridized carbons (Fsp3) is 0.400. The lowest BCUT2D eigenvalue weighted by Crippen LogP contribution is -2.32. The summed E-state index contributed by atoms with van der Waals surface area (Å²) in [4.78, 5) is 34.9. The number of nitrogens with zero attached hydrogens (tertiary/aromatic N) is 2. The fourth-order valence-corrected chi connectivity index (χ4v) is 2.79. The molecule has 1 amide bonds. The van der Waals surface area contributed by atoms with Gasteiger partial charge in [-0.05, 0) is 31.9 Å². The van der Waals surface area contributed by atoms with Crippen LogP contribution >= 0.6 is 0 Å². The highest BCUT2D eigenvalue weighted by molar-refractivity contribution is 5.92. The molecule has 28 heavy (non-hydrogen) atoms. The highest BCUT2D eigenvalue weighted by atomic mass is 19.1. The molecule has 8 heteroatoms. The number of halogens is 1. The molecule has 2 aromatic rings. The Morgan fingerprint density at radius 1 is 1.14 bits per heavy atom. The van der Waals surface area contributed by atoms with E-state index in [1.807, 2.05) is 0 Å². The average molecular weight is 389 g/mol. The summed E-state index contributed by atoms with van der Waals surface area (Å²) in [6.07, 6.45) is 4.08. The summed E-state index contributed by atoms with van der Waals surface area (Å²) in [5, 5.41) is 15.3. The van der Waals surface area contributed by atoms with Crippen LogP contribution in [0.15, 0.2) is 35.1 Å². The first kappa shape index (κ1) is 21.3. The number of aryl methyl sites for hydroxylation is 1. The van der Waals surface area contributed by atoms with Crippen LogP contribution in [0.25, 0.3) is 5.69 Å². The second-order valence-corrected chi connectivity index (χ2v) is 6.53. The maximum absolute atomic E-state index is 14.0. The smallest absolute Gasteiger partial charge is 0.303 e. The van der Waals surface area contributed by atoms with Gasteiger partial charge in [0.1, 0.15) is 11.5 Å². The van der Waals surface area contributed by atoms with Crippen molar-refractivity contribution in [2.24, 2.45) is 0 Å². The summed E-state index contributed by atoms with van der Waals surface area (Å²) in [5.41, 5.74) is -0.213. The van der Waals surface area contributed by atoms with Crippen LogP contribution in [0.5, 0.6) is 0 Å². The second-order valence-electron chi connectivity index (χ2n) is 6.53. The molecule has 150 valence electrons. The maximum atomic E-state index is 14.0. The van der Waals surface area contributed by atoms with Gasteiger partial charge in [-0.1, -0.05) is 31.4 Å². The van der Waals surface area contributed by atoms with Crippen molar-refractivity contribution in [2.75, 3.05) is 6.54 Å². The monoisotopic (exact) mass is 389 g/mol. The van der Waals surface area contributed by atoms with E-state index in [1.165, 1.54) is 22.9 Å². The molecule has 0 aliphatic carbocycles. The zero-order chi connectivity index (χ0) is 20.5. The minimum Gasteiger partial charge on any atom is -0.481 e. The molecule has 0 aliphatic heterocycles. The van der Waals surface area contributed by atoms with Crippen LogP contribution in [0.3, 0.4) is 0 Å². The number of para-hydroxylation sites is 1. The van der Waals surface area contributed by atoms with Crippen LogP contribution in [0, 0.1) is 12.7 Å². The van der Waals surface area contributed by atoms with Crippen molar-refractivity contribution < 1.29 is 19.1 Å². The molecule has 0 aliphatic rings. The van der Waals surface area contributed by atoms with E-state index >= 15 is 0 Å². The molecule has 1 aromatic carbocycles. The van der Waals surface area contributed by atoms with Gasteiger partial charge in [0, 0.05) is 24.7 Å². The van der Waals surface area contributed by atoms with Crippen LogP contribution in [-0.4, -0.2) is 33.3 Å². The highest BCUT2D eigenvalue weighted by Gasteiger charge is 2.16. The average Bonchev–Trinajstić information content (AvgIpc) is 2.64. The number of hydrogen-bond acceptors (Lipinski definition) is 4. The number of aromatic nitrogens is 2. The van der Waals surface area contributed by atoms with E-state index in [0.717, 1.165) is 19.3 Å². The van der Waals surface area contributed by atoms with Crippen LogP contribution in [0.2, 0.25) is 0 Å². The topological polar surface area (TPSA) is 101 Å². The van der Waals surface area contributed by atoms with Crippen molar-refractivity contribution in [3.63, 3.8) is 0 Å². The molecule has 0 bridgehead atoms. The van der Waals surface area contributed by atoms with Crippen molar-refractivity contribution in [1.82, 2.24) is 15.1 Å². The summed E-state index contributed by atoms with van der Waals surface area (Å²) in [7, 11) is 0. The van der Waals surface area contributed by atoms with Crippen LogP contribution < -0.4 is 10.7 Å². The summed E-state index contributed by atoms with van der Waals surface area (Å²) in [6, 6.07) is 7.26. The first-order valence-electron chi connectivity index (χ1n) is 9.26. The summed E-state index contributed by atoms with van der Waals surface area (Å²) < 4.78 is 15.3. The molecule has 0 radical (unpaired) electrons. The Kier molecular flexibility index (Phi) is 7.86. The molecule has 2 N–H and O–H groups in total. The van der Waals surface area contributed by atoms with Gasteiger partial charge in [-0.2, -0.15) is 5.10 Å². The van der Waals surface area contributed by atoms with Gasteiger partial charge < -0.3 is 10.4 Å². The van der Waals surface area contributed by atoms with E-state index in [4.69, 9.17) is 5.11 Å². The third-order valence-corrected chi connectivity index (χ3v) is 4.26. The Labute approximate surface area is 162 Å². The highest BCUT2D eigenvalue weighted by Crippen LogP contribution is 2.13. The molecular formula is C20H24FN3O4. The molecule has 2 rings (SSSR count). The number of hydrogen-bond donors (Lipinski definition) is 2. The summed E-state index contributed by atoms with van der Waals surface area (Å²) in [5.74, 6) is -1.89. The number of carbonyl (C=O) groups is 2. The number of carboxylic acid groups (broad SMARTS) is 1. The Bertz CT molecular complexity index is 895. The van der Waals surface area contributed by atoms with E-state index in [2.05, 4.69) is 10.4 Å². The summed E-state index contributed by atoms with van der Waals surface area (Å²) in [6.45, 7) is 2.00. The standard InChI is InChI=1S/C20H24FN3O4/c1-14-13-17(25)19(23-24(14)16-10-7-6-9-15(16)21)20(28)22-12-8-4-2-3-5-11-18(26)27/h6-7,9-10,13H,2-5,8,11-12H2,1H3,(H,22,28)(H,26,27). The van der Waals surface area contributed by atoms with Gasteiger partial charge in [-0.15, -0.1) is 0 Å². The largest absolute Gasteiger partial charge is 0.481 e. The van der Waals surface area contributed by atoms with Gasteiger partial charge in [0.05, 0.1) is 0 Å². The third-order valence-electron chi connectivity index (χ3n) is 4.26. The first-order chi connectivity index (χ1) is 13.4. The van der Waals surface area contributed by atoms with E-state index in [-0.39, 0.29) is 17.8 Å². The molecule has 0 unspecified atom stereocenters. The van der Waals surface area contributed by atoms with Crippen LogP contribution in [-0.2, 0) is 4.79 Å². The number of aliphatic carboxylic acids is 1. The van der Waals surface area contributed by atoms with Crippen LogP contribution in [0.1, 0.15) is 54.7 Å². The molecule has 7 nitrogen and oxygen atoms in total. The number of nitrogens with one attached hydrogen (secondary N) is 1. The maximum Gasteiger partial charge on any atom is 0.303 e. The Morgan fingerprint density at radius 3 is 2.54 bits per heavy atom. The number of carbonyl (C=O) groups excluding carboxylic acids is 1. The number of benzene rings is 1. The van der Waals surface area contributed by atoms with Gasteiger partial charge in [0.15, 0.2) is 5.69 Å². The molecule has 0 saturated heterocycles. The second kappa shape index (κ2) is 10.3. The predicted octanol–water partition coefficient (Wildman–Crippen LogP) is 2.84. The predicted molar refractivity (Wildman–Crippen MR) is 102 cm³/mol. The van der Waals surface area contributed by atoms with Gasteiger partial charge >= 0.3 is 5.97 Å². The van der Waals surface area contributed by atoms with Crippen molar-refractivity contribution in [2.45, 2.75) is 45.4 Å². The van der Waals surface area contributed by atoms with Gasteiger partial charge in [-0.25, -0.2) is 9.07 Å². The Hall–Kier alpha value is -3.03. The van der Waals surface area contributed by atoms with Gasteiger partial charge in [0.2, 0.25) is 5.43 Å². The molecule has 0 fully saturated rings. The fourth-order valence-electron chi connectivity index (χ4n) is 2.79. The lowest BCUT2D eigenvalue weighted by molar-refractivity contribution is -0.137. The minimum atomic E-state index is -0.793. The van der Waals surface area contributed by atoms with E-state index in [0.29, 0.717) is 25.1 Å². The van der Waals surface area contributed by atoms with Crippen molar-refractivity contribution >= 4 is 11.9 Å². The van der Waals surface area contributed by atoms with Gasteiger partial charge in [-0.3, -0.25) is 14.4 Å². The van der Waals surface area contributed by atoms with Crippen molar-refractivity contribution in [1.29, 1.82) is 0 Å². The number of amides is 1. The van der Waals surface area contributed by atoms with Gasteiger partial charge in [0.25, 0.3) is 5.91 Å². The number of unbranched alkanes of at least 4 members (excludes halogenated alkanes) is 4. The minimum absolute atomic E-state index is 0.162. The quantitative estimate of drug-likeness (QED) is 0.609. The summed E-state index contributed by atoms with van der Waals surface area (Å²) >= 11 is 0. The van der Waals surface area contributed by atoms with Crippen LogP contribution in [0.4, 0.5) is 4.39 Å². The Balaban J connectivity index is 1.93. The molecule has 1 aromatic heterocycles. The van der Waals surface area contributed by atoms with Crippen molar-refractivity contribution in [3.05, 3.63) is 57.8 Å². The van der Waals surface area contributed by atoms with E-state index in [1.54, 1.807) is 19.1 Å². The SMILES string of the molecule is Cc1cc(=O)c(C(=O)NCCCCCCCC(=O)O)nn1-c1ccccc1F. The van der Waals surface area contributed by atoms with E-state index in [9.17, 15) is 18.8 Å². The number of carboxylic acids is 1. The molecule has 0 saturated carbocycles. The van der Waals surface area contributed by atoms with E-state index < -0.39 is 23.1 Å². The molecule has 0 atom stereocenters. The van der Waals surface area contributed by atoms with Crippen molar-refractivity contribution in [3.8, 4) is 5.69 Å².